The molecule has 2 amide bonds. The molecule has 1 saturated heterocycles. The number of carbonyl (C=O) groups is 3. The fourth-order valence-corrected chi connectivity index (χ4v) is 5.21. The molecule has 1 heterocycles. The third-order valence-electron chi connectivity index (χ3n) is 6.12. The van der Waals surface area contributed by atoms with E-state index >= 15 is 0 Å². The Kier molecular flexibility index (Phi) is 11.9. The maximum absolute atomic E-state index is 13.9. The fraction of sp³-hybridized carbons (Fsp3) is 0.423. The Bertz CT molecular complexity index is 1170. The highest BCUT2D eigenvalue weighted by molar-refractivity contribution is 8.00. The van der Waals surface area contributed by atoms with Gasteiger partial charge in [0.2, 0.25) is 5.91 Å². The molecule has 0 spiro atoms. The van der Waals surface area contributed by atoms with Gasteiger partial charge in [-0.15, -0.1) is 24.2 Å². The first-order valence-corrected chi connectivity index (χ1v) is 13.2. The predicted octanol–water partition coefficient (Wildman–Crippen LogP) is 3.52. The highest BCUT2D eigenvalue weighted by atomic mass is 35.5. The first-order chi connectivity index (χ1) is 18.0. The third kappa shape index (κ3) is 8.77. The van der Waals surface area contributed by atoms with E-state index in [9.17, 15) is 32.7 Å². The van der Waals surface area contributed by atoms with Crippen molar-refractivity contribution in [2.75, 3.05) is 17.6 Å². The molecule has 3 atom stereocenters. The number of carboxylic acid groups (broad SMARTS) is 1. The number of hydrogen-bond acceptors (Lipinski definition) is 6. The zero-order valence-corrected chi connectivity index (χ0v) is 23.1. The third-order valence-corrected chi connectivity index (χ3v) is 7.32. The van der Waals surface area contributed by atoms with Crippen LogP contribution in [0, 0.1) is 23.4 Å². The molecule has 13 heteroatoms. The van der Waals surface area contributed by atoms with Gasteiger partial charge in [-0.1, -0.05) is 26.0 Å². The van der Waals surface area contributed by atoms with Crippen molar-refractivity contribution >= 4 is 47.6 Å². The molecule has 2 aromatic rings. The Balaban J connectivity index is 0.00000533. The van der Waals surface area contributed by atoms with Crippen LogP contribution in [0.3, 0.4) is 0 Å². The van der Waals surface area contributed by atoms with Crippen LogP contribution in [-0.4, -0.2) is 57.5 Å². The van der Waals surface area contributed by atoms with E-state index in [2.05, 4.69) is 10.6 Å². The number of benzene rings is 2. The number of aliphatic carboxylic acids is 1. The molecule has 3 rings (SSSR count). The summed E-state index contributed by atoms with van der Waals surface area (Å²) in [5, 5.41) is 14.4. The van der Waals surface area contributed by atoms with Crippen LogP contribution in [0.2, 0.25) is 0 Å². The molecular formula is C26H32ClF3N4O4S. The standard InChI is InChI=1S/C26H31F3N4O4S.ClH/c1-14(2)23(26(36)37)32-18-5-3-15(4-6-18)13-31-24(35)25-33(7-8-38-25)22(34)11-17(30)9-16-10-20(28)21(29)12-19(16)27;/h3-6,10,12,14,17,23,25,32H,7-9,11,13,30H2,1-2H3,(H,31,35)(H,36,37);1H/t17-,23?,25+;/m1./s1. The van der Waals surface area contributed by atoms with Gasteiger partial charge in [0.15, 0.2) is 17.0 Å². The van der Waals surface area contributed by atoms with Crippen LogP contribution in [0.5, 0.6) is 0 Å². The average molecular weight is 589 g/mol. The lowest BCUT2D eigenvalue weighted by molar-refractivity contribution is -0.138. The summed E-state index contributed by atoms with van der Waals surface area (Å²) in [5.41, 5.74) is 7.29. The summed E-state index contributed by atoms with van der Waals surface area (Å²) in [4.78, 5) is 38.5. The Morgan fingerprint density at radius 3 is 2.36 bits per heavy atom. The summed E-state index contributed by atoms with van der Waals surface area (Å²) in [6.45, 7) is 4.17. The number of hydrogen-bond donors (Lipinski definition) is 4. The van der Waals surface area contributed by atoms with E-state index in [0.29, 0.717) is 24.1 Å². The van der Waals surface area contributed by atoms with E-state index in [1.165, 1.54) is 16.7 Å². The lowest BCUT2D eigenvalue weighted by Gasteiger charge is -2.24. The normalized spacial score (nSPS) is 16.4. The number of nitrogens with one attached hydrogen (secondary N) is 2. The summed E-state index contributed by atoms with van der Waals surface area (Å²) < 4.78 is 40.5. The molecule has 214 valence electrons. The predicted molar refractivity (Wildman–Crippen MR) is 146 cm³/mol. The summed E-state index contributed by atoms with van der Waals surface area (Å²) in [6.07, 6.45) is -0.354. The van der Waals surface area contributed by atoms with Crippen molar-refractivity contribution in [2.24, 2.45) is 11.7 Å². The van der Waals surface area contributed by atoms with Crippen LogP contribution in [-0.2, 0) is 27.3 Å². The van der Waals surface area contributed by atoms with Gasteiger partial charge in [-0.2, -0.15) is 0 Å². The van der Waals surface area contributed by atoms with Gasteiger partial charge in [0, 0.05) is 43.1 Å². The second-order valence-electron chi connectivity index (χ2n) is 9.46. The number of anilines is 1. The topological polar surface area (TPSA) is 125 Å². The number of carbonyl (C=O) groups excluding carboxylic acids is 2. The molecular weight excluding hydrogens is 557 g/mol. The molecule has 0 aromatic heterocycles. The summed E-state index contributed by atoms with van der Waals surface area (Å²) >= 11 is 1.31. The summed E-state index contributed by atoms with van der Waals surface area (Å²) in [7, 11) is 0. The Morgan fingerprint density at radius 1 is 1.10 bits per heavy atom. The Labute approximate surface area is 235 Å². The number of nitrogens with zero attached hydrogens (tertiary/aromatic N) is 1. The van der Waals surface area contributed by atoms with Gasteiger partial charge in [-0.05, 0) is 41.7 Å². The van der Waals surface area contributed by atoms with E-state index in [1.807, 2.05) is 13.8 Å². The molecule has 1 unspecified atom stereocenters. The maximum Gasteiger partial charge on any atom is 0.326 e. The van der Waals surface area contributed by atoms with E-state index in [1.54, 1.807) is 24.3 Å². The summed E-state index contributed by atoms with van der Waals surface area (Å²) in [5.74, 6) is -4.68. The fourth-order valence-electron chi connectivity index (χ4n) is 4.05. The zero-order valence-electron chi connectivity index (χ0n) is 21.5. The van der Waals surface area contributed by atoms with Crippen molar-refractivity contribution in [3.8, 4) is 0 Å². The van der Waals surface area contributed by atoms with Gasteiger partial charge >= 0.3 is 5.97 Å². The van der Waals surface area contributed by atoms with E-state index in [4.69, 9.17) is 5.73 Å². The molecule has 0 saturated carbocycles. The molecule has 5 N–H and O–H groups in total. The van der Waals surface area contributed by atoms with E-state index < -0.39 is 40.9 Å². The lowest BCUT2D eigenvalue weighted by atomic mass is 10.0. The first kappa shape index (κ1) is 32.3. The highest BCUT2D eigenvalue weighted by Gasteiger charge is 2.35. The largest absolute Gasteiger partial charge is 0.480 e. The van der Waals surface area contributed by atoms with Crippen molar-refractivity contribution in [1.29, 1.82) is 0 Å². The molecule has 0 aliphatic carbocycles. The molecule has 1 aliphatic rings. The van der Waals surface area contributed by atoms with Crippen LogP contribution >= 0.6 is 24.2 Å². The van der Waals surface area contributed by atoms with Crippen molar-refractivity contribution < 1.29 is 32.7 Å². The van der Waals surface area contributed by atoms with Crippen LogP contribution in [0.1, 0.15) is 31.4 Å². The second-order valence-corrected chi connectivity index (χ2v) is 10.6. The van der Waals surface area contributed by atoms with Crippen molar-refractivity contribution in [2.45, 2.75) is 50.7 Å². The molecule has 1 aliphatic heterocycles. The van der Waals surface area contributed by atoms with Gasteiger partial charge < -0.3 is 26.4 Å². The number of thioether (sulfide) groups is 1. The van der Waals surface area contributed by atoms with Gasteiger partial charge in [0.25, 0.3) is 5.91 Å². The van der Waals surface area contributed by atoms with Gasteiger partial charge in [0.05, 0.1) is 0 Å². The van der Waals surface area contributed by atoms with E-state index in [0.717, 1.165) is 11.6 Å². The Morgan fingerprint density at radius 2 is 1.74 bits per heavy atom. The lowest BCUT2D eigenvalue weighted by Crippen LogP contribution is -2.46. The molecule has 39 heavy (non-hydrogen) atoms. The van der Waals surface area contributed by atoms with E-state index in [-0.39, 0.29) is 55.1 Å². The van der Waals surface area contributed by atoms with Gasteiger partial charge in [-0.25, -0.2) is 18.0 Å². The minimum absolute atomic E-state index is 0. The van der Waals surface area contributed by atoms with Crippen molar-refractivity contribution in [1.82, 2.24) is 10.2 Å². The smallest absolute Gasteiger partial charge is 0.326 e. The monoisotopic (exact) mass is 588 g/mol. The Hall–Kier alpha value is -2.96. The van der Waals surface area contributed by atoms with Crippen LogP contribution in [0.4, 0.5) is 18.9 Å². The minimum atomic E-state index is -1.30. The van der Waals surface area contributed by atoms with Crippen molar-refractivity contribution in [3.05, 3.63) is 65.0 Å². The number of amides is 2. The maximum atomic E-state index is 13.9. The average Bonchev–Trinajstić information content (AvgIpc) is 3.35. The van der Waals surface area contributed by atoms with Crippen LogP contribution in [0.25, 0.3) is 0 Å². The molecule has 8 nitrogen and oxygen atoms in total. The number of rotatable bonds is 11. The highest BCUT2D eigenvalue weighted by Crippen LogP contribution is 2.25. The number of halogens is 4. The summed E-state index contributed by atoms with van der Waals surface area (Å²) in [6, 6.07) is 6.60. The number of nitrogens with two attached hydrogens (primary N) is 1. The van der Waals surface area contributed by atoms with Crippen LogP contribution in [0.15, 0.2) is 36.4 Å². The molecule has 0 bridgehead atoms. The van der Waals surface area contributed by atoms with Crippen LogP contribution < -0.4 is 16.4 Å². The zero-order chi connectivity index (χ0) is 28.0. The second kappa shape index (κ2) is 14.4. The van der Waals surface area contributed by atoms with Crippen molar-refractivity contribution in [3.63, 3.8) is 0 Å². The van der Waals surface area contributed by atoms with Gasteiger partial charge in [-0.3, -0.25) is 9.59 Å². The quantitative estimate of drug-likeness (QED) is 0.296. The van der Waals surface area contributed by atoms with Gasteiger partial charge in [0.1, 0.15) is 11.9 Å². The molecule has 2 aromatic carbocycles. The number of carboxylic acids is 1. The molecule has 1 fully saturated rings. The first-order valence-electron chi connectivity index (χ1n) is 12.1. The minimum Gasteiger partial charge on any atom is -0.480 e. The molecule has 0 radical (unpaired) electrons. The SMILES string of the molecule is CC(C)C(Nc1ccc(CNC(=O)[C@@H]2SCCN2C(=O)C[C@H](N)Cc2cc(F)c(F)cc2F)cc1)C(=O)O.Cl.